The quantitative estimate of drug-likeness (QED) is 0.556. The zero-order valence-corrected chi connectivity index (χ0v) is 13.3. The average molecular weight is 333 g/mol. The minimum absolute atomic E-state index is 0.481. The second-order valence-corrected chi connectivity index (χ2v) is 5.67. The van der Waals surface area contributed by atoms with Gasteiger partial charge >= 0.3 is 0 Å². The van der Waals surface area contributed by atoms with Crippen LogP contribution in [0.1, 0.15) is 12.2 Å². The first-order valence-electron chi connectivity index (χ1n) is 6.98. The van der Waals surface area contributed by atoms with Crippen molar-refractivity contribution in [3.8, 4) is 0 Å². The first-order chi connectivity index (χ1) is 10.7. The van der Waals surface area contributed by atoms with Crippen molar-refractivity contribution in [1.29, 1.82) is 0 Å². The van der Waals surface area contributed by atoms with Gasteiger partial charge in [-0.3, -0.25) is 4.98 Å². The summed E-state index contributed by atoms with van der Waals surface area (Å²) in [6, 6.07) is 9.36. The van der Waals surface area contributed by atoms with E-state index < -0.39 is 0 Å². The van der Waals surface area contributed by atoms with E-state index in [1.54, 1.807) is 18.5 Å². The molecule has 0 amide bonds. The van der Waals surface area contributed by atoms with Gasteiger partial charge in [-0.15, -0.1) is 0 Å². The molecule has 1 aromatic carbocycles. The highest BCUT2D eigenvalue weighted by atomic mass is 35.5. The Labute approximate surface area is 138 Å². The number of nitrogens with one attached hydrogen (secondary N) is 1. The lowest BCUT2D eigenvalue weighted by Crippen LogP contribution is -2.05. The van der Waals surface area contributed by atoms with E-state index in [0.29, 0.717) is 10.2 Å². The van der Waals surface area contributed by atoms with E-state index in [1.807, 2.05) is 24.3 Å². The molecule has 3 rings (SSSR count). The molecule has 0 unspecified atom stereocenters. The van der Waals surface area contributed by atoms with Gasteiger partial charge in [0.05, 0.1) is 5.52 Å². The van der Waals surface area contributed by atoms with E-state index >= 15 is 0 Å². The molecular formula is C16H14Cl2N4. The molecule has 6 heteroatoms. The van der Waals surface area contributed by atoms with Crippen LogP contribution in [0.4, 0.5) is 5.69 Å². The highest BCUT2D eigenvalue weighted by molar-refractivity contribution is 6.31. The molecule has 22 heavy (non-hydrogen) atoms. The van der Waals surface area contributed by atoms with Gasteiger partial charge in [-0.2, -0.15) is 0 Å². The molecule has 0 aliphatic rings. The number of aryl methyl sites for hydroxylation is 1. The highest BCUT2D eigenvalue weighted by Crippen LogP contribution is 2.24. The molecule has 4 nitrogen and oxygen atoms in total. The Morgan fingerprint density at radius 1 is 1.00 bits per heavy atom. The summed E-state index contributed by atoms with van der Waals surface area (Å²) in [6.07, 6.45) is 5.15. The molecule has 0 radical (unpaired) electrons. The normalized spacial score (nSPS) is 10.8. The maximum atomic E-state index is 5.99. The molecule has 0 fully saturated rings. The molecule has 1 N–H and O–H groups in total. The summed E-state index contributed by atoms with van der Waals surface area (Å²) in [5.41, 5.74) is 1.93. The lowest BCUT2D eigenvalue weighted by atomic mass is 10.2. The van der Waals surface area contributed by atoms with Crippen LogP contribution < -0.4 is 5.32 Å². The molecule has 0 aliphatic heterocycles. The van der Waals surface area contributed by atoms with Gasteiger partial charge in [0.25, 0.3) is 0 Å². The van der Waals surface area contributed by atoms with E-state index in [4.69, 9.17) is 23.2 Å². The Morgan fingerprint density at radius 3 is 2.73 bits per heavy atom. The number of benzene rings is 1. The van der Waals surface area contributed by atoms with Gasteiger partial charge < -0.3 is 5.32 Å². The van der Waals surface area contributed by atoms with Crippen molar-refractivity contribution in [1.82, 2.24) is 15.0 Å². The van der Waals surface area contributed by atoms with Crippen molar-refractivity contribution < 1.29 is 0 Å². The molecule has 0 bridgehead atoms. The van der Waals surface area contributed by atoms with Crippen LogP contribution in [0.2, 0.25) is 10.2 Å². The Hall–Kier alpha value is -1.91. The van der Waals surface area contributed by atoms with Crippen LogP contribution in [0, 0.1) is 0 Å². The molecule has 3 aromatic rings. The third-order valence-electron chi connectivity index (χ3n) is 3.27. The Morgan fingerprint density at radius 2 is 1.86 bits per heavy atom. The molecule has 2 heterocycles. The number of anilines is 1. The first-order valence-corrected chi connectivity index (χ1v) is 7.73. The maximum Gasteiger partial charge on any atom is 0.132 e. The zero-order valence-electron chi connectivity index (χ0n) is 11.8. The summed E-state index contributed by atoms with van der Waals surface area (Å²) >= 11 is 11.8. The van der Waals surface area contributed by atoms with Crippen LogP contribution in [-0.2, 0) is 6.42 Å². The van der Waals surface area contributed by atoms with Gasteiger partial charge in [0.2, 0.25) is 0 Å². The summed E-state index contributed by atoms with van der Waals surface area (Å²) in [5, 5.41) is 5.65. The largest absolute Gasteiger partial charge is 0.384 e. The number of halogens is 2. The second-order valence-electron chi connectivity index (χ2n) is 4.85. The van der Waals surface area contributed by atoms with Crippen molar-refractivity contribution in [2.24, 2.45) is 0 Å². The number of pyridine rings is 1. The summed E-state index contributed by atoms with van der Waals surface area (Å²) in [5.74, 6) is 0.765. The number of aromatic nitrogens is 3. The molecule has 0 saturated carbocycles. The van der Waals surface area contributed by atoms with Crippen LogP contribution in [0.5, 0.6) is 0 Å². The fourth-order valence-electron chi connectivity index (χ4n) is 2.24. The standard InChI is InChI=1S/C16H14Cl2N4/c17-11-3-4-12-13(5-8-20-14(12)10-11)19-7-1-2-16-21-9-6-15(18)22-16/h3-6,8-10H,1-2,7H2,(H,19,20). The third-order valence-corrected chi connectivity index (χ3v) is 3.71. The molecule has 0 aliphatic carbocycles. The Kier molecular flexibility index (Phi) is 4.71. The second kappa shape index (κ2) is 6.90. The van der Waals surface area contributed by atoms with Crippen molar-refractivity contribution in [2.45, 2.75) is 12.8 Å². The summed E-state index contributed by atoms with van der Waals surface area (Å²) < 4.78 is 0. The van der Waals surface area contributed by atoms with E-state index in [1.165, 1.54) is 0 Å². The number of hydrogen-bond donors (Lipinski definition) is 1. The number of rotatable bonds is 5. The molecule has 0 saturated heterocycles. The lowest BCUT2D eigenvalue weighted by molar-refractivity contribution is 0.801. The number of nitrogens with zero attached hydrogens (tertiary/aromatic N) is 3. The van der Waals surface area contributed by atoms with Crippen molar-refractivity contribution in [3.05, 3.63) is 58.7 Å². The predicted molar refractivity (Wildman–Crippen MR) is 90.6 cm³/mol. The minimum Gasteiger partial charge on any atom is -0.384 e. The van der Waals surface area contributed by atoms with Crippen LogP contribution >= 0.6 is 23.2 Å². The van der Waals surface area contributed by atoms with Gasteiger partial charge in [0, 0.05) is 41.5 Å². The molecule has 0 spiro atoms. The van der Waals surface area contributed by atoms with Crippen LogP contribution in [0.15, 0.2) is 42.7 Å². The van der Waals surface area contributed by atoms with Crippen LogP contribution in [0.25, 0.3) is 10.9 Å². The molecule has 2 aromatic heterocycles. The third kappa shape index (κ3) is 3.64. The number of hydrogen-bond acceptors (Lipinski definition) is 4. The monoisotopic (exact) mass is 332 g/mol. The molecule has 0 atom stereocenters. The highest BCUT2D eigenvalue weighted by Gasteiger charge is 2.03. The van der Waals surface area contributed by atoms with Crippen molar-refractivity contribution in [3.63, 3.8) is 0 Å². The SMILES string of the molecule is Clc1ccc2c(NCCCc3nccc(Cl)n3)ccnc2c1. The Bertz CT molecular complexity index is 792. The first kappa shape index (κ1) is 15.0. The fraction of sp³-hybridized carbons (Fsp3) is 0.188. The van der Waals surface area contributed by atoms with Gasteiger partial charge in [0.1, 0.15) is 11.0 Å². The van der Waals surface area contributed by atoms with Crippen LogP contribution in [-0.4, -0.2) is 21.5 Å². The van der Waals surface area contributed by atoms with Gasteiger partial charge in [-0.1, -0.05) is 23.2 Å². The summed E-state index contributed by atoms with van der Waals surface area (Å²) in [6.45, 7) is 0.817. The summed E-state index contributed by atoms with van der Waals surface area (Å²) in [4.78, 5) is 12.7. The van der Waals surface area contributed by atoms with Gasteiger partial charge in [-0.05, 0) is 36.8 Å². The smallest absolute Gasteiger partial charge is 0.132 e. The van der Waals surface area contributed by atoms with Crippen LogP contribution in [0.3, 0.4) is 0 Å². The minimum atomic E-state index is 0.481. The van der Waals surface area contributed by atoms with E-state index in [9.17, 15) is 0 Å². The lowest BCUT2D eigenvalue weighted by Gasteiger charge is -2.09. The van der Waals surface area contributed by atoms with E-state index in [0.717, 1.165) is 41.8 Å². The van der Waals surface area contributed by atoms with Gasteiger partial charge in [-0.25, -0.2) is 9.97 Å². The van der Waals surface area contributed by atoms with Crippen molar-refractivity contribution in [2.75, 3.05) is 11.9 Å². The number of fused-ring (bicyclic) bond motifs is 1. The van der Waals surface area contributed by atoms with Gasteiger partial charge in [0.15, 0.2) is 0 Å². The molecule has 112 valence electrons. The van der Waals surface area contributed by atoms with Crippen molar-refractivity contribution >= 4 is 39.8 Å². The Balaban J connectivity index is 1.62. The van der Waals surface area contributed by atoms with E-state index in [-0.39, 0.29) is 0 Å². The predicted octanol–water partition coefficient (Wildman–Crippen LogP) is 4.38. The topological polar surface area (TPSA) is 50.7 Å². The zero-order chi connectivity index (χ0) is 15.4. The fourth-order valence-corrected chi connectivity index (χ4v) is 2.56. The van der Waals surface area contributed by atoms with E-state index in [2.05, 4.69) is 20.3 Å². The average Bonchev–Trinajstić information content (AvgIpc) is 2.51. The maximum absolute atomic E-state index is 5.99. The molecular weight excluding hydrogens is 319 g/mol. The summed E-state index contributed by atoms with van der Waals surface area (Å²) in [7, 11) is 0.